The molecule has 3 aromatic heterocycles. The SMILES string of the molecule is CCc1cnn2c(N)c(C#N)c(NCCc3cc(C)n(C4(CO)CC4)n3)nc12. The number of nitrogens with one attached hydrogen (secondary N) is 1. The summed E-state index contributed by atoms with van der Waals surface area (Å²) in [7, 11) is 0. The molecule has 1 aliphatic carbocycles. The van der Waals surface area contributed by atoms with Crippen molar-refractivity contribution in [2.45, 2.75) is 45.1 Å². The summed E-state index contributed by atoms with van der Waals surface area (Å²) in [5, 5.41) is 31.3. The van der Waals surface area contributed by atoms with Crippen molar-refractivity contribution in [1.82, 2.24) is 24.4 Å². The molecular weight excluding hydrogens is 356 g/mol. The Kier molecular flexibility index (Phi) is 4.43. The fourth-order valence-corrected chi connectivity index (χ4v) is 3.58. The van der Waals surface area contributed by atoms with E-state index in [4.69, 9.17) is 5.73 Å². The van der Waals surface area contributed by atoms with E-state index in [0.717, 1.165) is 36.2 Å². The van der Waals surface area contributed by atoms with Crippen LogP contribution in [-0.4, -0.2) is 42.6 Å². The highest BCUT2D eigenvalue weighted by Gasteiger charge is 2.45. The average Bonchev–Trinajstić information content (AvgIpc) is 3.23. The van der Waals surface area contributed by atoms with Gasteiger partial charge in [0.15, 0.2) is 5.65 Å². The molecular formula is C19H24N8O. The van der Waals surface area contributed by atoms with Crippen molar-refractivity contribution < 1.29 is 5.11 Å². The number of rotatable bonds is 7. The number of nitriles is 1. The lowest BCUT2D eigenvalue weighted by Crippen LogP contribution is -2.24. The Bertz CT molecular complexity index is 1070. The van der Waals surface area contributed by atoms with Crippen molar-refractivity contribution in [2.75, 3.05) is 24.2 Å². The third-order valence-electron chi connectivity index (χ3n) is 5.43. The van der Waals surface area contributed by atoms with Crippen molar-refractivity contribution in [2.24, 2.45) is 0 Å². The van der Waals surface area contributed by atoms with Gasteiger partial charge in [0, 0.05) is 24.2 Å². The van der Waals surface area contributed by atoms with E-state index in [9.17, 15) is 10.4 Å². The van der Waals surface area contributed by atoms with Crippen molar-refractivity contribution in [3.63, 3.8) is 0 Å². The van der Waals surface area contributed by atoms with Gasteiger partial charge in [-0.25, -0.2) is 4.98 Å². The highest BCUT2D eigenvalue weighted by atomic mass is 16.3. The molecule has 0 radical (unpaired) electrons. The fraction of sp³-hybridized carbons (Fsp3) is 0.474. The molecule has 0 bridgehead atoms. The number of aryl methyl sites for hydroxylation is 2. The first-order chi connectivity index (χ1) is 13.5. The number of nitrogens with two attached hydrogens (primary N) is 1. The minimum atomic E-state index is -0.205. The lowest BCUT2D eigenvalue weighted by molar-refractivity contribution is 0.200. The van der Waals surface area contributed by atoms with E-state index in [0.29, 0.717) is 24.4 Å². The second kappa shape index (κ2) is 6.80. The van der Waals surface area contributed by atoms with Crippen molar-refractivity contribution >= 4 is 17.3 Å². The number of fused-ring (bicyclic) bond motifs is 1. The number of nitrogen functional groups attached to an aromatic ring is 1. The molecule has 0 aromatic carbocycles. The summed E-state index contributed by atoms with van der Waals surface area (Å²) in [6.45, 7) is 4.72. The quantitative estimate of drug-likeness (QED) is 0.564. The van der Waals surface area contributed by atoms with Gasteiger partial charge in [-0.15, -0.1) is 0 Å². The highest BCUT2D eigenvalue weighted by Crippen LogP contribution is 2.43. The maximum absolute atomic E-state index is 9.63. The van der Waals surface area contributed by atoms with Crippen LogP contribution >= 0.6 is 0 Å². The van der Waals surface area contributed by atoms with E-state index < -0.39 is 0 Å². The highest BCUT2D eigenvalue weighted by molar-refractivity contribution is 5.69. The Morgan fingerprint density at radius 3 is 2.86 bits per heavy atom. The van der Waals surface area contributed by atoms with Gasteiger partial charge >= 0.3 is 0 Å². The number of hydrogen-bond acceptors (Lipinski definition) is 7. The molecule has 0 amide bonds. The van der Waals surface area contributed by atoms with E-state index in [-0.39, 0.29) is 23.5 Å². The number of hydrogen-bond donors (Lipinski definition) is 3. The fourth-order valence-electron chi connectivity index (χ4n) is 3.58. The standard InChI is InChI=1S/C19H24N8O/c1-3-13-10-23-26-16(21)15(9-20)17(24-18(13)26)22-7-4-14-8-12(2)27(25-14)19(11-28)5-6-19/h8,10,28H,3-7,11,21H2,1-2H3,(H,22,24). The van der Waals surface area contributed by atoms with E-state index in [2.05, 4.69) is 26.6 Å². The molecule has 0 atom stereocenters. The van der Waals surface area contributed by atoms with Crippen molar-refractivity contribution in [3.8, 4) is 6.07 Å². The molecule has 0 unspecified atom stereocenters. The molecule has 9 nitrogen and oxygen atoms in total. The van der Waals surface area contributed by atoms with Gasteiger partial charge in [0.2, 0.25) is 0 Å². The maximum atomic E-state index is 9.63. The summed E-state index contributed by atoms with van der Waals surface area (Å²) >= 11 is 0. The van der Waals surface area contributed by atoms with E-state index in [1.54, 1.807) is 6.20 Å². The lowest BCUT2D eigenvalue weighted by atomic mass is 10.2. The van der Waals surface area contributed by atoms with Gasteiger partial charge in [-0.05, 0) is 32.3 Å². The molecule has 1 fully saturated rings. The predicted octanol–water partition coefficient (Wildman–Crippen LogP) is 1.39. The number of nitrogens with zero attached hydrogens (tertiary/aromatic N) is 6. The minimum Gasteiger partial charge on any atom is -0.394 e. The van der Waals surface area contributed by atoms with Gasteiger partial charge in [0.1, 0.15) is 23.3 Å². The molecule has 0 aliphatic heterocycles. The smallest absolute Gasteiger partial charge is 0.162 e. The van der Waals surface area contributed by atoms with Crippen LogP contribution in [0.15, 0.2) is 12.3 Å². The summed E-state index contributed by atoms with van der Waals surface area (Å²) in [5.41, 5.74) is 9.85. The van der Waals surface area contributed by atoms with E-state index in [1.807, 2.05) is 24.6 Å². The zero-order valence-electron chi connectivity index (χ0n) is 16.1. The van der Waals surface area contributed by atoms with Crippen LogP contribution in [0, 0.1) is 18.3 Å². The Balaban J connectivity index is 1.53. The summed E-state index contributed by atoms with van der Waals surface area (Å²) in [6, 6.07) is 4.16. The first kappa shape index (κ1) is 18.3. The van der Waals surface area contributed by atoms with Crippen molar-refractivity contribution in [1.29, 1.82) is 5.26 Å². The van der Waals surface area contributed by atoms with Crippen LogP contribution < -0.4 is 11.1 Å². The Morgan fingerprint density at radius 1 is 1.43 bits per heavy atom. The van der Waals surface area contributed by atoms with Crippen LogP contribution in [0.25, 0.3) is 5.65 Å². The molecule has 28 heavy (non-hydrogen) atoms. The molecule has 3 heterocycles. The maximum Gasteiger partial charge on any atom is 0.162 e. The summed E-state index contributed by atoms with van der Waals surface area (Å²) in [5.74, 6) is 0.751. The van der Waals surface area contributed by atoms with Gasteiger partial charge in [0.05, 0.1) is 24.0 Å². The van der Waals surface area contributed by atoms with Gasteiger partial charge in [-0.3, -0.25) is 4.68 Å². The molecule has 3 aromatic rings. The topological polar surface area (TPSA) is 130 Å². The number of aliphatic hydroxyl groups excluding tert-OH is 1. The third-order valence-corrected chi connectivity index (χ3v) is 5.43. The Morgan fingerprint density at radius 2 is 2.21 bits per heavy atom. The number of aliphatic hydroxyl groups is 1. The third kappa shape index (κ3) is 2.86. The van der Waals surface area contributed by atoms with Gasteiger partial charge in [-0.1, -0.05) is 6.92 Å². The number of anilines is 2. The summed E-state index contributed by atoms with van der Waals surface area (Å²) < 4.78 is 3.46. The van der Waals surface area contributed by atoms with Crippen LogP contribution in [0.5, 0.6) is 0 Å². The molecule has 146 valence electrons. The lowest BCUT2D eigenvalue weighted by Gasteiger charge is -2.14. The zero-order chi connectivity index (χ0) is 19.9. The Labute approximate surface area is 162 Å². The van der Waals surface area contributed by atoms with Gasteiger partial charge in [-0.2, -0.15) is 20.0 Å². The van der Waals surface area contributed by atoms with Crippen LogP contribution in [0.1, 0.15) is 42.3 Å². The number of aromatic nitrogens is 5. The van der Waals surface area contributed by atoms with Gasteiger partial charge < -0.3 is 16.2 Å². The zero-order valence-corrected chi connectivity index (χ0v) is 16.1. The minimum absolute atomic E-state index is 0.118. The average molecular weight is 380 g/mol. The molecule has 0 spiro atoms. The van der Waals surface area contributed by atoms with Crippen LogP contribution in [0.2, 0.25) is 0 Å². The van der Waals surface area contributed by atoms with E-state index in [1.165, 1.54) is 4.52 Å². The monoisotopic (exact) mass is 380 g/mol. The summed E-state index contributed by atoms with van der Waals surface area (Å²) in [4.78, 5) is 4.58. The normalized spacial score (nSPS) is 14.9. The molecule has 9 heteroatoms. The molecule has 4 rings (SSSR count). The molecule has 1 saturated carbocycles. The molecule has 1 aliphatic rings. The second-order valence-corrected chi connectivity index (χ2v) is 7.34. The summed E-state index contributed by atoms with van der Waals surface area (Å²) in [6.07, 6.45) is 5.11. The van der Waals surface area contributed by atoms with Crippen LogP contribution in [0.4, 0.5) is 11.6 Å². The van der Waals surface area contributed by atoms with Crippen molar-refractivity contribution in [3.05, 3.63) is 34.8 Å². The molecule has 0 saturated heterocycles. The predicted molar refractivity (Wildman–Crippen MR) is 105 cm³/mol. The largest absolute Gasteiger partial charge is 0.394 e. The first-order valence-electron chi connectivity index (χ1n) is 9.50. The second-order valence-electron chi connectivity index (χ2n) is 7.34. The van der Waals surface area contributed by atoms with E-state index >= 15 is 0 Å². The van der Waals surface area contributed by atoms with Crippen LogP contribution in [-0.2, 0) is 18.4 Å². The first-order valence-corrected chi connectivity index (χ1v) is 9.50. The Hall–Kier alpha value is -3.12. The molecule has 4 N–H and O–H groups in total. The van der Waals surface area contributed by atoms with Gasteiger partial charge in [0.25, 0.3) is 0 Å². The van der Waals surface area contributed by atoms with Crippen LogP contribution in [0.3, 0.4) is 0 Å².